The van der Waals surface area contributed by atoms with Crippen LogP contribution in [-0.4, -0.2) is 10.2 Å². The van der Waals surface area contributed by atoms with Gasteiger partial charge in [0.05, 0.1) is 11.6 Å². The number of aromatic hydroxyl groups is 2. The van der Waals surface area contributed by atoms with Crippen LogP contribution >= 0.6 is 0 Å². The Bertz CT molecular complexity index is 645. The van der Waals surface area contributed by atoms with Crippen LogP contribution in [0.5, 0.6) is 11.5 Å². The van der Waals surface area contributed by atoms with Gasteiger partial charge in [-0.05, 0) is 30.7 Å². The highest BCUT2D eigenvalue weighted by Gasteiger charge is 2.06. The Hall–Kier alpha value is -2.67. The summed E-state index contributed by atoms with van der Waals surface area (Å²) in [7, 11) is 0. The minimum Gasteiger partial charge on any atom is -0.504 e. The molecule has 0 atom stereocenters. The van der Waals surface area contributed by atoms with Gasteiger partial charge in [-0.2, -0.15) is 5.26 Å². The standard InChI is InChI=1S/C15H14N2O2/c1-10-5-6-11(8-16)7-13(10)17-9-12-3-2-4-14(18)15(12)19/h2-7,17-19H,9H2,1H3. The second-order valence-electron chi connectivity index (χ2n) is 4.28. The molecule has 0 fully saturated rings. The van der Waals surface area contributed by atoms with Crippen LogP contribution in [0.2, 0.25) is 0 Å². The lowest BCUT2D eigenvalue weighted by molar-refractivity contribution is 0.400. The predicted molar refractivity (Wildman–Crippen MR) is 73.0 cm³/mol. The van der Waals surface area contributed by atoms with E-state index in [1.807, 2.05) is 13.0 Å². The van der Waals surface area contributed by atoms with Crippen LogP contribution in [0.3, 0.4) is 0 Å². The molecule has 96 valence electrons. The summed E-state index contributed by atoms with van der Waals surface area (Å²) in [5.74, 6) is -0.258. The third-order valence-corrected chi connectivity index (χ3v) is 2.93. The monoisotopic (exact) mass is 254 g/mol. The lowest BCUT2D eigenvalue weighted by Crippen LogP contribution is -2.01. The summed E-state index contributed by atoms with van der Waals surface area (Å²) in [6.45, 7) is 2.31. The number of benzene rings is 2. The van der Waals surface area contributed by atoms with Crippen LogP contribution in [-0.2, 0) is 6.54 Å². The number of nitrogens with one attached hydrogen (secondary N) is 1. The van der Waals surface area contributed by atoms with Gasteiger partial charge in [0.25, 0.3) is 0 Å². The first-order chi connectivity index (χ1) is 9.11. The number of nitriles is 1. The number of nitrogens with zero attached hydrogens (tertiary/aromatic N) is 1. The van der Waals surface area contributed by atoms with Crippen molar-refractivity contribution in [3.63, 3.8) is 0 Å². The fourth-order valence-electron chi connectivity index (χ4n) is 1.79. The van der Waals surface area contributed by atoms with E-state index in [2.05, 4.69) is 11.4 Å². The summed E-state index contributed by atoms with van der Waals surface area (Å²) in [5, 5.41) is 31.1. The highest BCUT2D eigenvalue weighted by Crippen LogP contribution is 2.29. The van der Waals surface area contributed by atoms with E-state index in [1.54, 1.807) is 24.3 Å². The van der Waals surface area contributed by atoms with E-state index in [0.29, 0.717) is 17.7 Å². The highest BCUT2D eigenvalue weighted by atomic mass is 16.3. The average Bonchev–Trinajstić information content (AvgIpc) is 2.42. The van der Waals surface area contributed by atoms with Gasteiger partial charge in [0.15, 0.2) is 11.5 Å². The zero-order valence-corrected chi connectivity index (χ0v) is 10.5. The van der Waals surface area contributed by atoms with Crippen molar-refractivity contribution in [2.45, 2.75) is 13.5 Å². The topological polar surface area (TPSA) is 76.3 Å². The van der Waals surface area contributed by atoms with Crippen molar-refractivity contribution in [3.05, 3.63) is 53.1 Å². The summed E-state index contributed by atoms with van der Waals surface area (Å²) >= 11 is 0. The highest BCUT2D eigenvalue weighted by molar-refractivity contribution is 5.56. The number of rotatable bonds is 3. The van der Waals surface area contributed by atoms with Crippen molar-refractivity contribution < 1.29 is 10.2 Å². The Morgan fingerprint density at radius 1 is 1.21 bits per heavy atom. The minimum absolute atomic E-state index is 0.121. The lowest BCUT2D eigenvalue weighted by Gasteiger charge is -2.11. The second kappa shape index (κ2) is 5.32. The summed E-state index contributed by atoms with van der Waals surface area (Å²) in [6, 6.07) is 12.3. The van der Waals surface area contributed by atoms with Crippen LogP contribution in [0, 0.1) is 18.3 Å². The zero-order chi connectivity index (χ0) is 13.8. The van der Waals surface area contributed by atoms with E-state index in [0.717, 1.165) is 11.3 Å². The van der Waals surface area contributed by atoms with Gasteiger partial charge in [-0.15, -0.1) is 0 Å². The van der Waals surface area contributed by atoms with Crippen molar-refractivity contribution >= 4 is 5.69 Å². The van der Waals surface area contributed by atoms with E-state index < -0.39 is 0 Å². The number of anilines is 1. The van der Waals surface area contributed by atoms with Gasteiger partial charge < -0.3 is 15.5 Å². The molecule has 0 saturated heterocycles. The van der Waals surface area contributed by atoms with Crippen molar-refractivity contribution in [1.29, 1.82) is 5.26 Å². The van der Waals surface area contributed by atoms with Gasteiger partial charge in [0.2, 0.25) is 0 Å². The Labute approximate surface area is 111 Å². The van der Waals surface area contributed by atoms with Crippen molar-refractivity contribution in [1.82, 2.24) is 0 Å². The number of hydrogen-bond donors (Lipinski definition) is 3. The van der Waals surface area contributed by atoms with Crippen LogP contribution in [0.25, 0.3) is 0 Å². The number of para-hydroxylation sites is 1. The summed E-state index contributed by atoms with van der Waals surface area (Å²) in [5.41, 5.74) is 3.02. The number of aryl methyl sites for hydroxylation is 1. The van der Waals surface area contributed by atoms with Gasteiger partial charge in [-0.3, -0.25) is 0 Å². The smallest absolute Gasteiger partial charge is 0.162 e. The molecule has 0 radical (unpaired) electrons. The molecule has 0 bridgehead atoms. The van der Waals surface area contributed by atoms with E-state index in [-0.39, 0.29) is 11.5 Å². The summed E-state index contributed by atoms with van der Waals surface area (Å²) < 4.78 is 0. The number of phenols is 2. The Balaban J connectivity index is 2.19. The Morgan fingerprint density at radius 2 is 2.00 bits per heavy atom. The van der Waals surface area contributed by atoms with Crippen LogP contribution in [0.15, 0.2) is 36.4 Å². The van der Waals surface area contributed by atoms with Crippen molar-refractivity contribution in [2.75, 3.05) is 5.32 Å². The first-order valence-electron chi connectivity index (χ1n) is 5.86. The van der Waals surface area contributed by atoms with Crippen molar-refractivity contribution in [2.24, 2.45) is 0 Å². The first kappa shape index (κ1) is 12.8. The van der Waals surface area contributed by atoms with Crippen LogP contribution in [0.1, 0.15) is 16.7 Å². The Morgan fingerprint density at radius 3 is 2.74 bits per heavy atom. The maximum Gasteiger partial charge on any atom is 0.162 e. The first-order valence-corrected chi connectivity index (χ1v) is 5.86. The molecular weight excluding hydrogens is 240 g/mol. The molecule has 0 aromatic heterocycles. The molecule has 0 aliphatic heterocycles. The van der Waals surface area contributed by atoms with E-state index in [9.17, 15) is 10.2 Å². The third-order valence-electron chi connectivity index (χ3n) is 2.93. The second-order valence-corrected chi connectivity index (χ2v) is 4.28. The Kier molecular flexibility index (Phi) is 3.58. The SMILES string of the molecule is Cc1ccc(C#N)cc1NCc1cccc(O)c1O. The van der Waals surface area contributed by atoms with Crippen molar-refractivity contribution in [3.8, 4) is 17.6 Å². The lowest BCUT2D eigenvalue weighted by atomic mass is 10.1. The molecule has 2 aromatic carbocycles. The fraction of sp³-hybridized carbons (Fsp3) is 0.133. The molecule has 0 heterocycles. The van der Waals surface area contributed by atoms with Crippen LogP contribution in [0.4, 0.5) is 5.69 Å². The molecule has 3 N–H and O–H groups in total. The molecule has 0 aliphatic rings. The van der Waals surface area contributed by atoms with E-state index >= 15 is 0 Å². The fourth-order valence-corrected chi connectivity index (χ4v) is 1.79. The molecule has 2 rings (SSSR count). The molecule has 0 amide bonds. The quantitative estimate of drug-likeness (QED) is 0.736. The number of hydrogen-bond acceptors (Lipinski definition) is 4. The van der Waals surface area contributed by atoms with E-state index in [1.165, 1.54) is 6.07 Å². The van der Waals surface area contributed by atoms with Gasteiger partial charge in [-0.25, -0.2) is 0 Å². The zero-order valence-electron chi connectivity index (χ0n) is 10.5. The minimum atomic E-state index is -0.137. The van der Waals surface area contributed by atoms with Gasteiger partial charge in [0.1, 0.15) is 0 Å². The molecule has 0 unspecified atom stereocenters. The largest absolute Gasteiger partial charge is 0.504 e. The molecule has 0 spiro atoms. The number of phenolic OH excluding ortho intramolecular Hbond substituents is 2. The maximum absolute atomic E-state index is 9.70. The molecule has 4 heteroatoms. The average molecular weight is 254 g/mol. The van der Waals surface area contributed by atoms with Gasteiger partial charge in [-0.1, -0.05) is 18.2 Å². The molecular formula is C15H14N2O2. The summed E-state index contributed by atoms with van der Waals surface area (Å²) in [4.78, 5) is 0. The van der Waals surface area contributed by atoms with Gasteiger partial charge in [0, 0.05) is 17.8 Å². The molecule has 2 aromatic rings. The molecule has 4 nitrogen and oxygen atoms in total. The summed E-state index contributed by atoms with van der Waals surface area (Å²) in [6.07, 6.45) is 0. The predicted octanol–water partition coefficient (Wildman–Crippen LogP) is 2.89. The molecule has 0 saturated carbocycles. The van der Waals surface area contributed by atoms with Crippen LogP contribution < -0.4 is 5.32 Å². The maximum atomic E-state index is 9.70. The third kappa shape index (κ3) is 2.78. The molecule has 19 heavy (non-hydrogen) atoms. The normalized spacial score (nSPS) is 9.89. The molecule has 0 aliphatic carbocycles. The van der Waals surface area contributed by atoms with Gasteiger partial charge >= 0.3 is 0 Å². The van der Waals surface area contributed by atoms with E-state index in [4.69, 9.17) is 5.26 Å².